The van der Waals surface area contributed by atoms with Crippen LogP contribution in [-0.2, 0) is 4.74 Å². The SMILES string of the molecule is CC(C)(C)OC(=O)NC(CCO)c1cccc(N)c1. The molecule has 5 nitrogen and oxygen atoms in total. The quantitative estimate of drug-likeness (QED) is 0.729. The largest absolute Gasteiger partial charge is 0.444 e. The van der Waals surface area contributed by atoms with E-state index in [-0.39, 0.29) is 12.6 Å². The molecule has 4 N–H and O–H groups in total. The van der Waals surface area contributed by atoms with Crippen LogP contribution in [0.4, 0.5) is 10.5 Å². The summed E-state index contributed by atoms with van der Waals surface area (Å²) in [5, 5.41) is 11.8. The third-order valence-corrected chi connectivity index (χ3v) is 2.42. The van der Waals surface area contributed by atoms with E-state index in [1.165, 1.54) is 0 Å². The molecule has 106 valence electrons. The highest BCUT2D eigenvalue weighted by molar-refractivity contribution is 5.68. The van der Waals surface area contributed by atoms with Crippen LogP contribution in [0.1, 0.15) is 38.8 Å². The molecular formula is C14H22N2O3. The number of amides is 1. The number of benzene rings is 1. The lowest BCUT2D eigenvalue weighted by molar-refractivity contribution is 0.0496. The van der Waals surface area contributed by atoms with Crippen molar-refractivity contribution in [1.82, 2.24) is 5.32 Å². The number of aliphatic hydroxyl groups is 1. The number of ether oxygens (including phenoxy) is 1. The second-order valence-corrected chi connectivity index (χ2v) is 5.38. The highest BCUT2D eigenvalue weighted by atomic mass is 16.6. The number of rotatable bonds is 4. The van der Waals surface area contributed by atoms with Gasteiger partial charge in [0.2, 0.25) is 0 Å². The second-order valence-electron chi connectivity index (χ2n) is 5.38. The fourth-order valence-electron chi connectivity index (χ4n) is 1.68. The van der Waals surface area contributed by atoms with E-state index in [4.69, 9.17) is 15.6 Å². The number of nitrogen functional groups attached to an aromatic ring is 1. The van der Waals surface area contributed by atoms with Crippen molar-refractivity contribution < 1.29 is 14.6 Å². The van der Waals surface area contributed by atoms with Crippen molar-refractivity contribution in [3.8, 4) is 0 Å². The molecule has 5 heteroatoms. The van der Waals surface area contributed by atoms with Crippen LogP contribution in [0.2, 0.25) is 0 Å². The van der Waals surface area contributed by atoms with E-state index in [1.807, 2.05) is 12.1 Å². The zero-order valence-electron chi connectivity index (χ0n) is 11.6. The molecule has 1 aromatic rings. The predicted molar refractivity (Wildman–Crippen MR) is 74.7 cm³/mol. The fraction of sp³-hybridized carbons (Fsp3) is 0.500. The molecule has 19 heavy (non-hydrogen) atoms. The third kappa shape index (κ3) is 5.61. The Bertz CT molecular complexity index is 427. The van der Waals surface area contributed by atoms with Gasteiger partial charge in [0.05, 0.1) is 6.04 Å². The Morgan fingerprint density at radius 2 is 2.16 bits per heavy atom. The molecule has 0 bridgehead atoms. The van der Waals surface area contributed by atoms with Crippen molar-refractivity contribution in [1.29, 1.82) is 0 Å². The molecule has 0 aliphatic rings. The summed E-state index contributed by atoms with van der Waals surface area (Å²) in [4.78, 5) is 11.8. The van der Waals surface area contributed by atoms with Crippen LogP contribution in [0, 0.1) is 0 Å². The van der Waals surface area contributed by atoms with Gasteiger partial charge in [0, 0.05) is 12.3 Å². The minimum Gasteiger partial charge on any atom is -0.444 e. The van der Waals surface area contributed by atoms with Gasteiger partial charge in [-0.3, -0.25) is 0 Å². The average Bonchev–Trinajstić information content (AvgIpc) is 2.26. The lowest BCUT2D eigenvalue weighted by Gasteiger charge is -2.23. The molecule has 0 aliphatic heterocycles. The fourth-order valence-corrected chi connectivity index (χ4v) is 1.68. The third-order valence-electron chi connectivity index (χ3n) is 2.42. The van der Waals surface area contributed by atoms with Crippen LogP contribution in [0.5, 0.6) is 0 Å². The Labute approximate surface area is 113 Å². The Hall–Kier alpha value is -1.75. The Kier molecular flexibility index (Phi) is 5.18. The first-order valence-electron chi connectivity index (χ1n) is 6.27. The first kappa shape index (κ1) is 15.3. The number of hydrogen-bond acceptors (Lipinski definition) is 4. The van der Waals surface area contributed by atoms with Gasteiger partial charge < -0.3 is 20.9 Å². The van der Waals surface area contributed by atoms with Gasteiger partial charge in [-0.15, -0.1) is 0 Å². The monoisotopic (exact) mass is 266 g/mol. The average molecular weight is 266 g/mol. The lowest BCUT2D eigenvalue weighted by atomic mass is 10.0. The highest BCUT2D eigenvalue weighted by Crippen LogP contribution is 2.19. The molecule has 0 aromatic heterocycles. The lowest BCUT2D eigenvalue weighted by Crippen LogP contribution is -2.35. The van der Waals surface area contributed by atoms with Gasteiger partial charge >= 0.3 is 6.09 Å². The Balaban J connectivity index is 2.76. The smallest absolute Gasteiger partial charge is 0.408 e. The molecule has 0 aliphatic carbocycles. The van der Waals surface area contributed by atoms with Gasteiger partial charge in [-0.05, 0) is 44.9 Å². The summed E-state index contributed by atoms with van der Waals surface area (Å²) in [6, 6.07) is 6.90. The van der Waals surface area contributed by atoms with E-state index in [1.54, 1.807) is 32.9 Å². The Morgan fingerprint density at radius 3 is 2.68 bits per heavy atom. The first-order valence-corrected chi connectivity index (χ1v) is 6.27. The van der Waals surface area contributed by atoms with E-state index >= 15 is 0 Å². The minimum atomic E-state index is -0.552. The van der Waals surface area contributed by atoms with Gasteiger partial charge in [0.25, 0.3) is 0 Å². The molecular weight excluding hydrogens is 244 g/mol. The number of nitrogens with two attached hydrogens (primary N) is 1. The zero-order valence-corrected chi connectivity index (χ0v) is 11.6. The maximum Gasteiger partial charge on any atom is 0.408 e. The van der Waals surface area contributed by atoms with Crippen molar-refractivity contribution in [3.05, 3.63) is 29.8 Å². The maximum atomic E-state index is 11.8. The summed E-state index contributed by atoms with van der Waals surface area (Å²) < 4.78 is 5.20. The van der Waals surface area contributed by atoms with Gasteiger partial charge in [0.15, 0.2) is 0 Å². The molecule has 0 radical (unpaired) electrons. The van der Waals surface area contributed by atoms with Crippen molar-refractivity contribution >= 4 is 11.8 Å². The summed E-state index contributed by atoms with van der Waals surface area (Å²) in [5.74, 6) is 0. The number of carbonyl (C=O) groups excluding carboxylic acids is 1. The molecule has 1 atom stereocenters. The summed E-state index contributed by atoms with van der Waals surface area (Å²) in [6.07, 6.45) is -0.101. The molecule has 0 heterocycles. The van der Waals surface area contributed by atoms with Crippen molar-refractivity contribution in [2.24, 2.45) is 0 Å². The van der Waals surface area contributed by atoms with E-state index in [2.05, 4.69) is 5.32 Å². The van der Waals surface area contributed by atoms with Crippen molar-refractivity contribution in [2.75, 3.05) is 12.3 Å². The van der Waals surface area contributed by atoms with Crippen molar-refractivity contribution in [2.45, 2.75) is 38.8 Å². The van der Waals surface area contributed by atoms with E-state index in [9.17, 15) is 4.79 Å². The molecule has 1 rings (SSSR count). The predicted octanol–water partition coefficient (Wildman–Crippen LogP) is 2.22. The number of anilines is 1. The summed E-state index contributed by atoms with van der Waals surface area (Å²) in [7, 11) is 0. The maximum absolute atomic E-state index is 11.8. The summed E-state index contributed by atoms with van der Waals surface area (Å²) in [5.41, 5.74) is 6.63. The topological polar surface area (TPSA) is 84.6 Å². The molecule has 1 aromatic carbocycles. The first-order chi connectivity index (χ1) is 8.81. The number of alkyl carbamates (subject to hydrolysis) is 1. The van der Waals surface area contributed by atoms with Crippen LogP contribution < -0.4 is 11.1 Å². The van der Waals surface area contributed by atoms with E-state index in [0.717, 1.165) is 5.56 Å². The van der Waals surface area contributed by atoms with Crippen LogP contribution >= 0.6 is 0 Å². The number of carbonyl (C=O) groups is 1. The van der Waals surface area contributed by atoms with Crippen LogP contribution in [-0.4, -0.2) is 23.4 Å². The molecule has 0 fully saturated rings. The summed E-state index contributed by atoms with van der Waals surface area (Å²) >= 11 is 0. The molecule has 0 saturated carbocycles. The van der Waals surface area contributed by atoms with Gasteiger partial charge in [0.1, 0.15) is 5.60 Å². The highest BCUT2D eigenvalue weighted by Gasteiger charge is 2.20. The zero-order chi connectivity index (χ0) is 14.5. The van der Waals surface area contributed by atoms with E-state index < -0.39 is 11.7 Å². The van der Waals surface area contributed by atoms with Gasteiger partial charge in [-0.2, -0.15) is 0 Å². The van der Waals surface area contributed by atoms with Gasteiger partial charge in [-0.1, -0.05) is 12.1 Å². The standard InChI is InChI=1S/C14H22N2O3/c1-14(2,3)19-13(18)16-12(7-8-17)10-5-4-6-11(15)9-10/h4-6,9,12,17H,7-8,15H2,1-3H3,(H,16,18). The molecule has 0 spiro atoms. The normalized spacial score (nSPS) is 12.8. The molecule has 1 amide bonds. The summed E-state index contributed by atoms with van der Waals surface area (Å²) in [6.45, 7) is 5.37. The number of nitrogens with one attached hydrogen (secondary N) is 1. The van der Waals surface area contributed by atoms with Gasteiger partial charge in [-0.25, -0.2) is 4.79 Å². The van der Waals surface area contributed by atoms with Crippen LogP contribution in [0.3, 0.4) is 0 Å². The van der Waals surface area contributed by atoms with Crippen LogP contribution in [0.15, 0.2) is 24.3 Å². The van der Waals surface area contributed by atoms with E-state index in [0.29, 0.717) is 12.1 Å². The minimum absolute atomic E-state index is 0.0325. The number of aliphatic hydroxyl groups excluding tert-OH is 1. The second kappa shape index (κ2) is 6.43. The van der Waals surface area contributed by atoms with Crippen molar-refractivity contribution in [3.63, 3.8) is 0 Å². The molecule has 1 unspecified atom stereocenters. The van der Waals surface area contributed by atoms with Crippen LogP contribution in [0.25, 0.3) is 0 Å². The Morgan fingerprint density at radius 1 is 1.47 bits per heavy atom. The molecule has 0 saturated heterocycles. The number of hydrogen-bond donors (Lipinski definition) is 3.